The van der Waals surface area contributed by atoms with Gasteiger partial charge in [-0.3, -0.25) is 0 Å². The van der Waals surface area contributed by atoms with E-state index in [4.69, 9.17) is 11.6 Å². The first-order valence-electron chi connectivity index (χ1n) is 6.46. The van der Waals surface area contributed by atoms with E-state index in [2.05, 4.69) is 10.0 Å². The van der Waals surface area contributed by atoms with Crippen LogP contribution in [-0.2, 0) is 30.2 Å². The Morgan fingerprint density at radius 3 is 2.48 bits per heavy atom. The maximum atomic E-state index is 12.3. The molecule has 0 radical (unpaired) electrons. The van der Waals surface area contributed by atoms with Gasteiger partial charge in [-0.2, -0.15) is 0 Å². The number of sulfonamides is 1. The van der Waals surface area contributed by atoms with Crippen LogP contribution in [0.1, 0.15) is 11.3 Å². The zero-order valence-corrected chi connectivity index (χ0v) is 13.5. The highest BCUT2D eigenvalue weighted by atomic mass is 35.5. The van der Waals surface area contributed by atoms with Gasteiger partial charge in [0, 0.05) is 37.1 Å². The fourth-order valence-corrected chi connectivity index (χ4v) is 3.18. The van der Waals surface area contributed by atoms with E-state index in [1.807, 2.05) is 14.1 Å². The van der Waals surface area contributed by atoms with E-state index in [-0.39, 0.29) is 11.4 Å². The molecule has 1 heterocycles. The second-order valence-corrected chi connectivity index (χ2v) is 6.96. The molecule has 2 aromatic rings. The summed E-state index contributed by atoms with van der Waals surface area (Å²) in [5, 5.41) is 3.63. The number of aromatic nitrogens is 1. The number of aryl methyl sites for hydroxylation is 1. The smallest absolute Gasteiger partial charge is 0.242 e. The molecule has 0 spiro atoms. The number of benzene rings is 1. The van der Waals surface area contributed by atoms with Gasteiger partial charge >= 0.3 is 0 Å². The summed E-state index contributed by atoms with van der Waals surface area (Å²) in [6.45, 7) is 0.846. The van der Waals surface area contributed by atoms with Crippen molar-refractivity contribution in [2.24, 2.45) is 7.05 Å². The molecule has 0 aliphatic heterocycles. The Labute approximate surface area is 130 Å². The van der Waals surface area contributed by atoms with E-state index >= 15 is 0 Å². The van der Waals surface area contributed by atoms with Crippen molar-refractivity contribution in [2.75, 3.05) is 7.05 Å². The van der Waals surface area contributed by atoms with Crippen LogP contribution < -0.4 is 10.0 Å². The van der Waals surface area contributed by atoms with Crippen molar-refractivity contribution in [1.82, 2.24) is 14.6 Å². The third kappa shape index (κ3) is 4.07. The lowest BCUT2D eigenvalue weighted by molar-refractivity contribution is 0.581. The van der Waals surface area contributed by atoms with E-state index < -0.39 is 10.0 Å². The minimum atomic E-state index is -3.52. The molecule has 0 aliphatic carbocycles. The summed E-state index contributed by atoms with van der Waals surface area (Å²) in [6, 6.07) is 8.72. The highest BCUT2D eigenvalue weighted by Gasteiger charge is 2.17. The summed E-state index contributed by atoms with van der Waals surface area (Å²) in [5.74, 6) is 0. The van der Waals surface area contributed by atoms with E-state index in [1.54, 1.807) is 41.1 Å². The molecular weight excluding hydrogens is 310 g/mol. The lowest BCUT2D eigenvalue weighted by atomic mass is 10.2. The van der Waals surface area contributed by atoms with Gasteiger partial charge in [-0.25, -0.2) is 13.1 Å². The Hall–Kier alpha value is -1.34. The summed E-state index contributed by atoms with van der Waals surface area (Å²) in [4.78, 5) is 0.268. The Morgan fingerprint density at radius 2 is 1.86 bits per heavy atom. The van der Waals surface area contributed by atoms with Gasteiger partial charge in [0.1, 0.15) is 0 Å². The first-order chi connectivity index (χ1) is 9.92. The molecule has 0 saturated heterocycles. The number of hydrogen-bond donors (Lipinski definition) is 2. The van der Waals surface area contributed by atoms with Crippen LogP contribution in [0.2, 0.25) is 5.02 Å². The molecule has 0 unspecified atom stereocenters. The predicted octanol–water partition coefficient (Wildman–Crippen LogP) is 1.88. The zero-order valence-electron chi connectivity index (χ0n) is 11.9. The number of halogens is 1. The SMILES string of the molecule is CNCc1cc(S(=O)(=O)NCc2ccc(Cl)cc2)cn1C. The lowest BCUT2D eigenvalue weighted by Crippen LogP contribution is -2.22. The van der Waals surface area contributed by atoms with Gasteiger partial charge in [0.05, 0.1) is 4.90 Å². The van der Waals surface area contributed by atoms with Gasteiger partial charge in [-0.15, -0.1) is 0 Å². The number of rotatable bonds is 6. The highest BCUT2D eigenvalue weighted by Crippen LogP contribution is 2.14. The summed E-state index contributed by atoms with van der Waals surface area (Å²) in [6.07, 6.45) is 1.61. The van der Waals surface area contributed by atoms with Gasteiger partial charge in [0.15, 0.2) is 0 Å². The maximum Gasteiger partial charge on any atom is 0.242 e. The molecule has 7 heteroatoms. The van der Waals surface area contributed by atoms with Gasteiger partial charge in [-0.05, 0) is 30.8 Å². The largest absolute Gasteiger partial charge is 0.352 e. The fraction of sp³-hybridized carbons (Fsp3) is 0.286. The summed E-state index contributed by atoms with van der Waals surface area (Å²) < 4.78 is 28.9. The average Bonchev–Trinajstić information content (AvgIpc) is 2.81. The molecule has 0 saturated carbocycles. The standard InChI is InChI=1S/C14H18ClN3O2S/c1-16-9-13-7-14(10-18(13)2)21(19,20)17-8-11-3-5-12(15)6-4-11/h3-7,10,16-17H,8-9H2,1-2H3. The fourth-order valence-electron chi connectivity index (χ4n) is 1.94. The topological polar surface area (TPSA) is 63.1 Å². The zero-order chi connectivity index (χ0) is 15.5. The average molecular weight is 328 g/mol. The van der Waals surface area contributed by atoms with Crippen LogP contribution in [0.15, 0.2) is 41.4 Å². The Kier molecular flexibility index (Phi) is 5.05. The van der Waals surface area contributed by atoms with Gasteiger partial charge in [0.25, 0.3) is 0 Å². The highest BCUT2D eigenvalue weighted by molar-refractivity contribution is 7.89. The van der Waals surface area contributed by atoms with Gasteiger partial charge < -0.3 is 9.88 Å². The Morgan fingerprint density at radius 1 is 1.19 bits per heavy atom. The summed E-state index contributed by atoms with van der Waals surface area (Å²) in [5.41, 5.74) is 1.76. The first kappa shape index (κ1) is 16.0. The molecule has 0 fully saturated rings. The van der Waals surface area contributed by atoms with E-state index in [0.29, 0.717) is 11.6 Å². The molecule has 2 N–H and O–H groups in total. The first-order valence-corrected chi connectivity index (χ1v) is 8.32. The predicted molar refractivity (Wildman–Crippen MR) is 83.7 cm³/mol. The number of hydrogen-bond acceptors (Lipinski definition) is 3. The van der Waals surface area contributed by atoms with Gasteiger partial charge in [-0.1, -0.05) is 23.7 Å². The minimum Gasteiger partial charge on any atom is -0.352 e. The van der Waals surface area contributed by atoms with Crippen LogP contribution in [0.3, 0.4) is 0 Å². The molecule has 0 bridgehead atoms. The molecule has 0 atom stereocenters. The molecule has 2 rings (SSSR count). The normalized spacial score (nSPS) is 11.8. The third-order valence-corrected chi connectivity index (χ3v) is 4.75. The number of nitrogens with zero attached hydrogens (tertiary/aromatic N) is 1. The van der Waals surface area contributed by atoms with Crippen molar-refractivity contribution in [1.29, 1.82) is 0 Å². The van der Waals surface area contributed by atoms with Crippen LogP contribution in [0.4, 0.5) is 0 Å². The van der Waals surface area contributed by atoms with Crippen molar-refractivity contribution < 1.29 is 8.42 Å². The summed E-state index contributed by atoms with van der Waals surface area (Å²) >= 11 is 5.80. The maximum absolute atomic E-state index is 12.3. The van der Waals surface area contributed by atoms with Crippen LogP contribution in [-0.4, -0.2) is 20.0 Å². The number of nitrogens with one attached hydrogen (secondary N) is 2. The molecule has 0 amide bonds. The molecular formula is C14H18ClN3O2S. The third-order valence-electron chi connectivity index (χ3n) is 3.13. The van der Waals surface area contributed by atoms with Crippen LogP contribution in [0.25, 0.3) is 0 Å². The van der Waals surface area contributed by atoms with Crippen LogP contribution in [0, 0.1) is 0 Å². The molecule has 114 valence electrons. The molecule has 5 nitrogen and oxygen atoms in total. The molecule has 1 aromatic carbocycles. The molecule has 1 aromatic heterocycles. The van der Waals surface area contributed by atoms with E-state index in [9.17, 15) is 8.42 Å². The van der Waals surface area contributed by atoms with Crippen molar-refractivity contribution >= 4 is 21.6 Å². The Bertz CT molecular complexity index is 708. The second-order valence-electron chi connectivity index (χ2n) is 4.76. The molecule has 0 aliphatic rings. The molecule has 21 heavy (non-hydrogen) atoms. The minimum absolute atomic E-state index is 0.232. The quantitative estimate of drug-likeness (QED) is 0.851. The monoisotopic (exact) mass is 327 g/mol. The summed E-state index contributed by atoms with van der Waals surface area (Å²) in [7, 11) is 0.124. The Balaban J connectivity index is 2.11. The van der Waals surface area contributed by atoms with Gasteiger partial charge in [0.2, 0.25) is 10.0 Å². The van der Waals surface area contributed by atoms with E-state index in [0.717, 1.165) is 11.3 Å². The lowest BCUT2D eigenvalue weighted by Gasteiger charge is -2.05. The van der Waals surface area contributed by atoms with Crippen LogP contribution in [0.5, 0.6) is 0 Å². The van der Waals surface area contributed by atoms with Crippen molar-refractivity contribution in [2.45, 2.75) is 18.0 Å². The van der Waals surface area contributed by atoms with Crippen molar-refractivity contribution in [3.8, 4) is 0 Å². The van der Waals surface area contributed by atoms with E-state index in [1.165, 1.54) is 0 Å². The second kappa shape index (κ2) is 6.62. The van der Waals surface area contributed by atoms with Crippen LogP contribution >= 0.6 is 11.6 Å². The van der Waals surface area contributed by atoms with Crippen molar-refractivity contribution in [3.63, 3.8) is 0 Å². The van der Waals surface area contributed by atoms with Crippen molar-refractivity contribution in [3.05, 3.63) is 52.8 Å².